The summed E-state index contributed by atoms with van der Waals surface area (Å²) < 4.78 is 17.9. The maximum atomic E-state index is 6.09. The summed E-state index contributed by atoms with van der Waals surface area (Å²) in [5.41, 5.74) is 1.60. The van der Waals surface area contributed by atoms with Gasteiger partial charge in [0.1, 0.15) is 12.4 Å². The highest BCUT2D eigenvalue weighted by Crippen LogP contribution is 2.36. The van der Waals surface area contributed by atoms with Gasteiger partial charge in [0.15, 0.2) is 0 Å². The van der Waals surface area contributed by atoms with E-state index >= 15 is 0 Å². The van der Waals surface area contributed by atoms with E-state index < -0.39 is 0 Å². The Morgan fingerprint density at radius 3 is 2.43 bits per heavy atom. The van der Waals surface area contributed by atoms with E-state index in [0.717, 1.165) is 29.9 Å². The molecule has 1 fully saturated rings. The molecular weight excluding hydrogens is 288 g/mol. The molecule has 1 N–H and O–H groups in total. The molecule has 1 saturated heterocycles. The van der Waals surface area contributed by atoms with Gasteiger partial charge in [-0.25, -0.2) is 0 Å². The predicted molar refractivity (Wildman–Crippen MR) is 86.6 cm³/mol. The van der Waals surface area contributed by atoms with Crippen molar-refractivity contribution in [2.45, 2.75) is 45.4 Å². The fourth-order valence-electron chi connectivity index (χ4n) is 2.46. The molecule has 0 saturated carbocycles. The highest BCUT2D eigenvalue weighted by atomic mass is 35.5. The third-order valence-corrected chi connectivity index (χ3v) is 4.46. The Morgan fingerprint density at radius 2 is 1.76 bits per heavy atom. The van der Waals surface area contributed by atoms with Crippen molar-refractivity contribution in [1.82, 2.24) is 5.32 Å². The fourth-order valence-corrected chi connectivity index (χ4v) is 2.46. The third-order valence-electron chi connectivity index (χ3n) is 4.46. The van der Waals surface area contributed by atoms with Gasteiger partial charge >= 0.3 is 7.12 Å². The SMILES string of the molecule is CC1(C)OB(c2ccc3c(c2)CNCCO3)OC1(C)C.Cl. The van der Waals surface area contributed by atoms with E-state index in [-0.39, 0.29) is 30.7 Å². The van der Waals surface area contributed by atoms with Crippen molar-refractivity contribution < 1.29 is 14.0 Å². The Kier molecular flexibility index (Phi) is 4.59. The van der Waals surface area contributed by atoms with E-state index in [1.807, 2.05) is 12.1 Å². The lowest BCUT2D eigenvalue weighted by molar-refractivity contribution is 0.00578. The number of ether oxygens (including phenoxy) is 1. The predicted octanol–water partition coefficient (Wildman–Crippen LogP) is 1.89. The molecule has 6 heteroatoms. The van der Waals surface area contributed by atoms with Crippen molar-refractivity contribution in [3.63, 3.8) is 0 Å². The Labute approximate surface area is 133 Å². The van der Waals surface area contributed by atoms with Crippen molar-refractivity contribution in [3.8, 4) is 5.75 Å². The van der Waals surface area contributed by atoms with Crippen LogP contribution in [0.1, 0.15) is 33.3 Å². The summed E-state index contributed by atoms with van der Waals surface area (Å²) in [6.45, 7) is 10.7. The molecule has 2 aliphatic heterocycles. The van der Waals surface area contributed by atoms with Gasteiger partial charge in [-0.2, -0.15) is 0 Å². The van der Waals surface area contributed by atoms with Gasteiger partial charge in [0, 0.05) is 18.7 Å². The zero-order valence-corrected chi connectivity index (χ0v) is 13.9. The fraction of sp³-hybridized carbons (Fsp3) is 0.600. The maximum Gasteiger partial charge on any atom is 0.494 e. The summed E-state index contributed by atoms with van der Waals surface area (Å²) in [6, 6.07) is 6.17. The average Bonchev–Trinajstić information content (AvgIpc) is 2.56. The molecule has 0 bridgehead atoms. The van der Waals surface area contributed by atoms with Gasteiger partial charge in [-0.3, -0.25) is 0 Å². The Morgan fingerprint density at radius 1 is 1.10 bits per heavy atom. The number of hydrogen-bond acceptors (Lipinski definition) is 4. The first kappa shape index (κ1) is 16.6. The van der Waals surface area contributed by atoms with Gasteiger partial charge in [0.05, 0.1) is 11.2 Å². The van der Waals surface area contributed by atoms with Crippen LogP contribution in [0.25, 0.3) is 0 Å². The van der Waals surface area contributed by atoms with Crippen LogP contribution in [0.15, 0.2) is 18.2 Å². The van der Waals surface area contributed by atoms with Crippen molar-refractivity contribution >= 4 is 25.0 Å². The first-order valence-electron chi connectivity index (χ1n) is 7.21. The van der Waals surface area contributed by atoms with E-state index in [2.05, 4.69) is 39.1 Å². The first-order chi connectivity index (χ1) is 9.39. The van der Waals surface area contributed by atoms with Gasteiger partial charge < -0.3 is 19.4 Å². The summed E-state index contributed by atoms with van der Waals surface area (Å²) in [4.78, 5) is 0. The summed E-state index contributed by atoms with van der Waals surface area (Å²) in [7, 11) is -0.312. The third kappa shape index (κ3) is 3.06. The van der Waals surface area contributed by atoms with Crippen LogP contribution in [0.3, 0.4) is 0 Å². The van der Waals surface area contributed by atoms with Crippen LogP contribution in [0.4, 0.5) is 0 Å². The molecule has 1 aromatic carbocycles. The summed E-state index contributed by atoms with van der Waals surface area (Å²) in [5.74, 6) is 0.954. The molecule has 0 amide bonds. The molecule has 116 valence electrons. The molecule has 21 heavy (non-hydrogen) atoms. The molecule has 0 radical (unpaired) electrons. The number of benzene rings is 1. The molecular formula is C15H23BClNO3. The standard InChI is InChI=1S/C15H22BNO3.ClH/c1-14(2)15(3,4)20-16(19-14)12-5-6-13-11(9-12)10-17-7-8-18-13;/h5-6,9,17H,7-8,10H2,1-4H3;1H. The highest BCUT2D eigenvalue weighted by molar-refractivity contribution is 6.62. The van der Waals surface area contributed by atoms with Gasteiger partial charge in [0.2, 0.25) is 0 Å². The number of hydrogen-bond donors (Lipinski definition) is 1. The van der Waals surface area contributed by atoms with Crippen LogP contribution in [0.5, 0.6) is 5.75 Å². The summed E-state index contributed by atoms with van der Waals surface area (Å²) >= 11 is 0. The van der Waals surface area contributed by atoms with Gasteiger partial charge in [-0.15, -0.1) is 12.4 Å². The minimum absolute atomic E-state index is 0. The lowest BCUT2D eigenvalue weighted by Gasteiger charge is -2.32. The molecule has 1 aromatic rings. The van der Waals surface area contributed by atoms with Crippen LogP contribution in [-0.4, -0.2) is 31.5 Å². The molecule has 2 aliphatic rings. The second-order valence-corrected chi connectivity index (χ2v) is 6.48. The highest BCUT2D eigenvalue weighted by Gasteiger charge is 2.51. The lowest BCUT2D eigenvalue weighted by Crippen LogP contribution is -2.41. The van der Waals surface area contributed by atoms with Crippen LogP contribution in [0.2, 0.25) is 0 Å². The van der Waals surface area contributed by atoms with E-state index in [0.29, 0.717) is 6.61 Å². The van der Waals surface area contributed by atoms with E-state index in [1.54, 1.807) is 0 Å². The minimum atomic E-state index is -0.312. The van der Waals surface area contributed by atoms with E-state index in [9.17, 15) is 0 Å². The number of nitrogens with one attached hydrogen (secondary N) is 1. The van der Waals surface area contributed by atoms with Crippen molar-refractivity contribution in [3.05, 3.63) is 23.8 Å². The van der Waals surface area contributed by atoms with E-state index in [4.69, 9.17) is 14.0 Å². The number of rotatable bonds is 1. The minimum Gasteiger partial charge on any atom is -0.492 e. The van der Waals surface area contributed by atoms with Gasteiger partial charge in [-0.1, -0.05) is 12.1 Å². The summed E-state index contributed by atoms with van der Waals surface area (Å²) in [5, 5.41) is 3.35. The molecule has 0 unspecified atom stereocenters. The first-order valence-corrected chi connectivity index (χ1v) is 7.21. The zero-order valence-electron chi connectivity index (χ0n) is 13.1. The van der Waals surface area contributed by atoms with Gasteiger partial charge in [-0.05, 0) is 39.2 Å². The van der Waals surface area contributed by atoms with Crippen LogP contribution in [0, 0.1) is 0 Å². The Balaban J connectivity index is 0.00000161. The van der Waals surface area contributed by atoms with Crippen molar-refractivity contribution in [2.24, 2.45) is 0 Å². The molecule has 2 heterocycles. The van der Waals surface area contributed by atoms with Crippen LogP contribution in [-0.2, 0) is 15.9 Å². The van der Waals surface area contributed by atoms with Crippen LogP contribution >= 0.6 is 12.4 Å². The molecule has 3 rings (SSSR count). The largest absolute Gasteiger partial charge is 0.494 e. The Hall–Kier alpha value is -0.745. The van der Waals surface area contributed by atoms with E-state index in [1.165, 1.54) is 0 Å². The maximum absolute atomic E-state index is 6.09. The average molecular weight is 312 g/mol. The number of fused-ring (bicyclic) bond motifs is 1. The molecule has 0 atom stereocenters. The number of halogens is 1. The smallest absolute Gasteiger partial charge is 0.492 e. The van der Waals surface area contributed by atoms with Gasteiger partial charge in [0.25, 0.3) is 0 Å². The topological polar surface area (TPSA) is 39.7 Å². The lowest BCUT2D eigenvalue weighted by atomic mass is 9.78. The molecule has 0 aromatic heterocycles. The second-order valence-electron chi connectivity index (χ2n) is 6.48. The molecule has 4 nitrogen and oxygen atoms in total. The summed E-state index contributed by atoms with van der Waals surface area (Å²) in [6.07, 6.45) is 0. The van der Waals surface area contributed by atoms with Crippen molar-refractivity contribution in [2.75, 3.05) is 13.2 Å². The zero-order chi connectivity index (χ0) is 14.4. The Bertz CT molecular complexity index is 506. The monoisotopic (exact) mass is 311 g/mol. The van der Waals surface area contributed by atoms with Crippen molar-refractivity contribution in [1.29, 1.82) is 0 Å². The molecule has 0 spiro atoms. The quantitative estimate of drug-likeness (QED) is 0.804. The van der Waals surface area contributed by atoms with Crippen LogP contribution < -0.4 is 15.5 Å². The molecule has 0 aliphatic carbocycles. The second kappa shape index (κ2) is 5.80. The normalized spacial score (nSPS) is 22.8.